The fourth-order valence-electron chi connectivity index (χ4n) is 4.84. The molecule has 4 aromatic heterocycles. The quantitative estimate of drug-likeness (QED) is 0.480. The first-order valence-electron chi connectivity index (χ1n) is 10.6. The Kier molecular flexibility index (Phi) is 3.95. The van der Waals surface area contributed by atoms with E-state index in [1.54, 1.807) is 6.20 Å². The predicted molar refractivity (Wildman–Crippen MR) is 117 cm³/mol. The van der Waals surface area contributed by atoms with Crippen molar-refractivity contribution in [3.8, 4) is 11.1 Å². The van der Waals surface area contributed by atoms with Gasteiger partial charge in [0, 0.05) is 49.0 Å². The molecule has 2 aliphatic rings. The molecule has 1 spiro atoms. The number of H-pyrrole nitrogens is 1. The highest BCUT2D eigenvalue weighted by atomic mass is 16.5. The van der Waals surface area contributed by atoms with Gasteiger partial charge in [0.1, 0.15) is 17.1 Å². The van der Waals surface area contributed by atoms with Gasteiger partial charge in [-0.3, -0.25) is 0 Å². The number of rotatable bonds is 4. The lowest BCUT2D eigenvalue weighted by molar-refractivity contribution is -0.165. The van der Waals surface area contributed by atoms with Gasteiger partial charge in [-0.15, -0.1) is 0 Å². The van der Waals surface area contributed by atoms with E-state index in [2.05, 4.69) is 32.9 Å². The summed E-state index contributed by atoms with van der Waals surface area (Å²) in [4.78, 5) is 17.2. The number of aromatic amines is 1. The normalized spacial score (nSPS) is 23.7. The number of fused-ring (bicyclic) bond motifs is 2. The fourth-order valence-corrected chi connectivity index (χ4v) is 4.84. The summed E-state index contributed by atoms with van der Waals surface area (Å²) in [5, 5.41) is 7.80. The molecule has 154 valence electrons. The maximum atomic E-state index is 5.84. The van der Waals surface area contributed by atoms with Gasteiger partial charge in [-0.1, -0.05) is 0 Å². The Morgan fingerprint density at radius 2 is 2.07 bits per heavy atom. The fraction of sp³-hybridized carbons (Fsp3) is 0.409. The number of imidazole rings is 1. The monoisotopic (exact) mass is 403 g/mol. The van der Waals surface area contributed by atoms with Crippen LogP contribution in [0.15, 0.2) is 36.9 Å². The third-order valence-electron chi connectivity index (χ3n) is 6.66. The van der Waals surface area contributed by atoms with E-state index in [4.69, 9.17) is 14.7 Å². The van der Waals surface area contributed by atoms with Crippen LogP contribution in [0.2, 0.25) is 0 Å². The summed E-state index contributed by atoms with van der Waals surface area (Å²) in [5.41, 5.74) is 4.08. The van der Waals surface area contributed by atoms with Gasteiger partial charge in [0.15, 0.2) is 0 Å². The molecular formula is C22H25N7O. The molecule has 0 unspecified atom stereocenters. The van der Waals surface area contributed by atoms with Crippen molar-refractivity contribution in [1.82, 2.24) is 24.3 Å². The lowest BCUT2D eigenvalue weighted by Gasteiger charge is -2.46. The van der Waals surface area contributed by atoms with Crippen molar-refractivity contribution in [3.63, 3.8) is 0 Å². The second-order valence-corrected chi connectivity index (χ2v) is 8.38. The molecule has 0 aromatic carbocycles. The molecule has 0 radical (unpaired) electrons. The van der Waals surface area contributed by atoms with Crippen molar-refractivity contribution in [2.45, 2.75) is 43.7 Å². The summed E-state index contributed by atoms with van der Waals surface area (Å²) in [6, 6.07) is 4.49. The van der Waals surface area contributed by atoms with Gasteiger partial charge in [-0.25, -0.2) is 4.98 Å². The lowest BCUT2D eigenvalue weighted by atomic mass is 9.77. The van der Waals surface area contributed by atoms with Crippen LogP contribution in [0.4, 0.5) is 11.8 Å². The van der Waals surface area contributed by atoms with Gasteiger partial charge in [-0.2, -0.15) is 9.97 Å². The average molecular weight is 403 g/mol. The van der Waals surface area contributed by atoms with E-state index >= 15 is 0 Å². The minimum Gasteiger partial charge on any atom is -0.375 e. The second kappa shape index (κ2) is 6.70. The zero-order chi connectivity index (χ0) is 20.1. The maximum Gasteiger partial charge on any atom is 0.226 e. The number of hydrogen-bond donors (Lipinski definition) is 3. The van der Waals surface area contributed by atoms with Crippen LogP contribution in [-0.2, 0) is 4.74 Å². The summed E-state index contributed by atoms with van der Waals surface area (Å²) in [6.07, 6.45) is 13.5. The van der Waals surface area contributed by atoms with Gasteiger partial charge < -0.3 is 24.8 Å². The molecule has 4 aromatic rings. The van der Waals surface area contributed by atoms with Crippen LogP contribution in [0, 0.1) is 0 Å². The standard InChI is InChI=1S/C22H25N7O/c1-23-19-18-16(14-2-3-17-24-9-10-29(17)13-14)12-25-20(18)28-21(27-19)26-15-4-6-22(7-5-15)8-11-30-22/h2-3,9-10,12-13,15H,4-8,11H2,1H3,(H3,23,25,26,27,28)/t15-,22+. The predicted octanol–water partition coefficient (Wildman–Crippen LogP) is 3.83. The smallest absolute Gasteiger partial charge is 0.226 e. The Morgan fingerprint density at radius 1 is 1.20 bits per heavy atom. The largest absolute Gasteiger partial charge is 0.375 e. The number of anilines is 2. The van der Waals surface area contributed by atoms with Crippen molar-refractivity contribution in [1.29, 1.82) is 0 Å². The van der Waals surface area contributed by atoms with Gasteiger partial charge >= 0.3 is 0 Å². The lowest BCUT2D eigenvalue weighted by Crippen LogP contribution is -2.48. The molecule has 2 fully saturated rings. The minimum absolute atomic E-state index is 0.170. The first kappa shape index (κ1) is 17.7. The van der Waals surface area contributed by atoms with Crippen LogP contribution in [-0.4, -0.2) is 49.6 Å². The highest BCUT2D eigenvalue weighted by Crippen LogP contribution is 2.41. The van der Waals surface area contributed by atoms with Gasteiger partial charge in [0.05, 0.1) is 17.6 Å². The zero-order valence-electron chi connectivity index (χ0n) is 17.0. The van der Waals surface area contributed by atoms with E-state index in [1.165, 1.54) is 6.42 Å². The average Bonchev–Trinajstić information content (AvgIpc) is 3.39. The number of pyridine rings is 1. The van der Waals surface area contributed by atoms with E-state index in [-0.39, 0.29) is 5.60 Å². The molecule has 6 rings (SSSR count). The number of aromatic nitrogens is 5. The third kappa shape index (κ3) is 2.82. The molecule has 5 heterocycles. The summed E-state index contributed by atoms with van der Waals surface area (Å²) >= 11 is 0. The summed E-state index contributed by atoms with van der Waals surface area (Å²) in [5.74, 6) is 1.49. The first-order chi connectivity index (χ1) is 14.7. The highest BCUT2D eigenvalue weighted by molar-refractivity contribution is 6.01. The van der Waals surface area contributed by atoms with E-state index in [0.717, 1.165) is 65.9 Å². The number of nitrogens with zero attached hydrogens (tertiary/aromatic N) is 4. The van der Waals surface area contributed by atoms with Crippen LogP contribution in [0.5, 0.6) is 0 Å². The van der Waals surface area contributed by atoms with Crippen LogP contribution in [0.25, 0.3) is 27.8 Å². The molecule has 0 atom stereocenters. The van der Waals surface area contributed by atoms with Gasteiger partial charge in [0.25, 0.3) is 0 Å². The van der Waals surface area contributed by atoms with Crippen molar-refractivity contribution in [2.75, 3.05) is 24.3 Å². The Morgan fingerprint density at radius 3 is 2.83 bits per heavy atom. The Balaban J connectivity index is 1.31. The van der Waals surface area contributed by atoms with Crippen LogP contribution in [0.1, 0.15) is 32.1 Å². The second-order valence-electron chi connectivity index (χ2n) is 8.38. The third-order valence-corrected chi connectivity index (χ3v) is 6.66. The Hall–Kier alpha value is -3.13. The molecule has 1 aliphatic carbocycles. The topological polar surface area (TPSA) is 92.2 Å². The van der Waals surface area contributed by atoms with E-state index in [9.17, 15) is 0 Å². The number of nitrogens with one attached hydrogen (secondary N) is 3. The number of ether oxygens (including phenoxy) is 1. The van der Waals surface area contributed by atoms with E-state index in [1.807, 2.05) is 29.9 Å². The Bertz CT molecular complexity index is 1210. The van der Waals surface area contributed by atoms with Crippen LogP contribution in [0.3, 0.4) is 0 Å². The minimum atomic E-state index is 0.170. The van der Waals surface area contributed by atoms with E-state index < -0.39 is 0 Å². The molecule has 1 aliphatic heterocycles. The van der Waals surface area contributed by atoms with Gasteiger partial charge in [-0.05, 0) is 44.2 Å². The Labute approximate surface area is 174 Å². The molecule has 0 bridgehead atoms. The zero-order valence-corrected chi connectivity index (χ0v) is 17.0. The summed E-state index contributed by atoms with van der Waals surface area (Å²) in [6.45, 7) is 0.923. The molecule has 8 nitrogen and oxygen atoms in total. The van der Waals surface area contributed by atoms with Crippen molar-refractivity contribution in [2.24, 2.45) is 0 Å². The number of hydrogen-bond acceptors (Lipinski definition) is 6. The first-order valence-corrected chi connectivity index (χ1v) is 10.6. The van der Waals surface area contributed by atoms with Crippen molar-refractivity contribution < 1.29 is 4.74 Å². The van der Waals surface area contributed by atoms with Gasteiger partial charge in [0.2, 0.25) is 5.95 Å². The van der Waals surface area contributed by atoms with Crippen molar-refractivity contribution in [3.05, 3.63) is 36.9 Å². The van der Waals surface area contributed by atoms with E-state index in [0.29, 0.717) is 12.0 Å². The molecule has 8 heteroatoms. The molecule has 0 amide bonds. The SMILES string of the molecule is CNc1nc(N[C@H]2CC[C@]3(CCO3)CC2)nc2[nH]cc(-c3ccc4nccn4c3)c12. The molecule has 1 saturated carbocycles. The van der Waals surface area contributed by atoms with Crippen LogP contribution >= 0.6 is 0 Å². The highest BCUT2D eigenvalue weighted by Gasteiger charge is 2.41. The van der Waals surface area contributed by atoms with Crippen LogP contribution < -0.4 is 10.6 Å². The molecule has 1 saturated heterocycles. The molecule has 3 N–H and O–H groups in total. The van der Waals surface area contributed by atoms with Crippen molar-refractivity contribution >= 4 is 28.4 Å². The summed E-state index contributed by atoms with van der Waals surface area (Å²) < 4.78 is 7.86. The summed E-state index contributed by atoms with van der Waals surface area (Å²) in [7, 11) is 1.90. The molecule has 30 heavy (non-hydrogen) atoms. The maximum absolute atomic E-state index is 5.84. The molecular weight excluding hydrogens is 378 g/mol.